The molecule has 0 saturated heterocycles. The number of aryl methyl sites for hydroxylation is 1. The van der Waals surface area contributed by atoms with Crippen LogP contribution in [0.3, 0.4) is 0 Å². The molecule has 1 aromatic carbocycles. The van der Waals surface area contributed by atoms with E-state index in [1.165, 1.54) is 12.7 Å². The third kappa shape index (κ3) is 2.84. The molecule has 1 aliphatic heterocycles. The first-order valence-electron chi connectivity index (χ1n) is 5.53. The second kappa shape index (κ2) is 4.99. The summed E-state index contributed by atoms with van der Waals surface area (Å²) in [5.41, 5.74) is 2.14. The quantitative estimate of drug-likeness (QED) is 0.747. The van der Waals surface area contributed by atoms with Crippen molar-refractivity contribution in [2.75, 3.05) is 13.7 Å². The van der Waals surface area contributed by atoms with Gasteiger partial charge in [-0.2, -0.15) is 0 Å². The Morgan fingerprint density at radius 3 is 2.82 bits per heavy atom. The van der Waals surface area contributed by atoms with Crippen molar-refractivity contribution >= 4 is 11.9 Å². The summed E-state index contributed by atoms with van der Waals surface area (Å²) in [5, 5.41) is 0. The number of hydrogen-bond donors (Lipinski definition) is 0. The predicted molar refractivity (Wildman–Crippen MR) is 64.1 cm³/mol. The van der Waals surface area contributed by atoms with Crippen molar-refractivity contribution in [3.05, 3.63) is 35.4 Å². The first-order chi connectivity index (χ1) is 8.19. The van der Waals surface area contributed by atoms with Gasteiger partial charge in [-0.3, -0.25) is 4.79 Å². The van der Waals surface area contributed by atoms with Crippen molar-refractivity contribution < 1.29 is 14.3 Å². The zero-order valence-corrected chi connectivity index (χ0v) is 9.97. The fraction of sp³-hybridized carbons (Fsp3) is 0.385. The zero-order chi connectivity index (χ0) is 12.3. The van der Waals surface area contributed by atoms with Crippen LogP contribution in [0.4, 0.5) is 0 Å². The summed E-state index contributed by atoms with van der Waals surface area (Å²) in [7, 11) is 1.38. The molecule has 2 rings (SSSR count). The van der Waals surface area contributed by atoms with Gasteiger partial charge in [0.2, 0.25) is 5.90 Å². The van der Waals surface area contributed by atoms with Crippen LogP contribution in [-0.2, 0) is 14.3 Å². The number of methoxy groups -OCH3 is 1. The molecule has 17 heavy (non-hydrogen) atoms. The van der Waals surface area contributed by atoms with Crippen LogP contribution in [0, 0.1) is 6.92 Å². The van der Waals surface area contributed by atoms with Crippen LogP contribution >= 0.6 is 0 Å². The van der Waals surface area contributed by atoms with E-state index >= 15 is 0 Å². The van der Waals surface area contributed by atoms with Gasteiger partial charge in [0.15, 0.2) is 0 Å². The number of carbonyl (C=O) groups excluding carboxylic acids is 1. The Labute approximate surface area is 100 Å². The number of ether oxygens (including phenoxy) is 2. The fourth-order valence-corrected chi connectivity index (χ4v) is 1.65. The summed E-state index contributed by atoms with van der Waals surface area (Å²) in [6.07, 6.45) is 0.270. The fourth-order valence-electron chi connectivity index (χ4n) is 1.65. The molecule has 0 unspecified atom stereocenters. The summed E-state index contributed by atoms with van der Waals surface area (Å²) >= 11 is 0. The van der Waals surface area contributed by atoms with Crippen LogP contribution in [0.2, 0.25) is 0 Å². The van der Waals surface area contributed by atoms with Crippen molar-refractivity contribution in [1.82, 2.24) is 0 Å². The Kier molecular flexibility index (Phi) is 3.42. The maximum absolute atomic E-state index is 11.1. The van der Waals surface area contributed by atoms with Gasteiger partial charge in [0.1, 0.15) is 6.61 Å². The highest BCUT2D eigenvalue weighted by atomic mass is 16.5. The highest BCUT2D eigenvalue weighted by Gasteiger charge is 2.22. The van der Waals surface area contributed by atoms with Gasteiger partial charge in [-0.25, -0.2) is 4.99 Å². The first-order valence-corrected chi connectivity index (χ1v) is 5.53. The van der Waals surface area contributed by atoms with Gasteiger partial charge in [0, 0.05) is 5.56 Å². The molecule has 1 aromatic rings. The molecule has 0 aromatic heterocycles. The molecule has 0 spiro atoms. The molecule has 0 aliphatic carbocycles. The molecule has 0 bridgehead atoms. The molecule has 0 amide bonds. The Balaban J connectivity index is 2.06. The van der Waals surface area contributed by atoms with E-state index in [1.807, 2.05) is 31.2 Å². The van der Waals surface area contributed by atoms with Crippen LogP contribution in [0.25, 0.3) is 0 Å². The third-order valence-electron chi connectivity index (χ3n) is 2.64. The molecular weight excluding hydrogens is 218 g/mol. The molecule has 4 heteroatoms. The van der Waals surface area contributed by atoms with Crippen molar-refractivity contribution in [1.29, 1.82) is 0 Å². The Morgan fingerprint density at radius 2 is 2.18 bits per heavy atom. The molecule has 0 fully saturated rings. The lowest BCUT2D eigenvalue weighted by atomic mass is 10.1. The molecule has 1 atom stereocenters. The Bertz CT molecular complexity index is 436. The van der Waals surface area contributed by atoms with E-state index in [0.29, 0.717) is 12.5 Å². The van der Waals surface area contributed by atoms with Crippen LogP contribution < -0.4 is 0 Å². The highest BCUT2D eigenvalue weighted by molar-refractivity contribution is 5.95. The second-order valence-corrected chi connectivity index (χ2v) is 4.05. The van der Waals surface area contributed by atoms with Crippen molar-refractivity contribution in [2.45, 2.75) is 19.4 Å². The van der Waals surface area contributed by atoms with Gasteiger partial charge >= 0.3 is 5.97 Å². The van der Waals surface area contributed by atoms with Gasteiger partial charge in [0.25, 0.3) is 0 Å². The molecule has 0 radical (unpaired) electrons. The lowest BCUT2D eigenvalue weighted by Gasteiger charge is -2.01. The summed E-state index contributed by atoms with van der Waals surface area (Å²) < 4.78 is 10.1. The zero-order valence-electron chi connectivity index (χ0n) is 9.97. The van der Waals surface area contributed by atoms with E-state index in [0.717, 1.165) is 5.56 Å². The van der Waals surface area contributed by atoms with E-state index in [2.05, 4.69) is 9.73 Å². The van der Waals surface area contributed by atoms with Gasteiger partial charge in [-0.15, -0.1) is 0 Å². The van der Waals surface area contributed by atoms with Crippen molar-refractivity contribution in [3.8, 4) is 0 Å². The number of carbonyl (C=O) groups is 1. The molecule has 0 saturated carbocycles. The number of benzene rings is 1. The standard InChI is InChI=1S/C13H15NO3/c1-9-3-5-10(6-4-9)13-14-11(8-17-13)7-12(15)16-2/h3-6,11H,7-8H2,1-2H3/t11-/m0/s1. The van der Waals surface area contributed by atoms with E-state index in [-0.39, 0.29) is 18.4 Å². The SMILES string of the molecule is COC(=O)C[C@H]1COC(c2ccc(C)cc2)=N1. The maximum atomic E-state index is 11.1. The molecular formula is C13H15NO3. The molecule has 1 aliphatic rings. The average Bonchev–Trinajstić information content (AvgIpc) is 2.78. The molecule has 0 N–H and O–H groups in total. The first kappa shape index (κ1) is 11.6. The van der Waals surface area contributed by atoms with E-state index in [4.69, 9.17) is 4.74 Å². The predicted octanol–water partition coefficient (Wildman–Crippen LogP) is 1.70. The van der Waals surface area contributed by atoms with Crippen molar-refractivity contribution in [3.63, 3.8) is 0 Å². The van der Waals surface area contributed by atoms with Crippen LogP contribution in [0.15, 0.2) is 29.3 Å². The van der Waals surface area contributed by atoms with E-state index in [1.54, 1.807) is 0 Å². The normalized spacial score (nSPS) is 18.5. The average molecular weight is 233 g/mol. The summed E-state index contributed by atoms with van der Waals surface area (Å²) in [6, 6.07) is 7.83. The number of nitrogens with zero attached hydrogens (tertiary/aromatic N) is 1. The van der Waals surface area contributed by atoms with E-state index < -0.39 is 0 Å². The minimum atomic E-state index is -0.257. The van der Waals surface area contributed by atoms with Crippen molar-refractivity contribution in [2.24, 2.45) is 4.99 Å². The van der Waals surface area contributed by atoms with Gasteiger partial charge < -0.3 is 9.47 Å². The maximum Gasteiger partial charge on any atom is 0.307 e. The Hall–Kier alpha value is -1.84. The summed E-state index contributed by atoms with van der Waals surface area (Å²) in [5.74, 6) is 0.353. The number of hydrogen-bond acceptors (Lipinski definition) is 4. The molecule has 1 heterocycles. The monoisotopic (exact) mass is 233 g/mol. The smallest absolute Gasteiger partial charge is 0.307 e. The van der Waals surface area contributed by atoms with Gasteiger partial charge in [0.05, 0.1) is 19.6 Å². The summed E-state index contributed by atoms with van der Waals surface area (Å²) in [6.45, 7) is 2.47. The van der Waals surface area contributed by atoms with Crippen LogP contribution in [-0.4, -0.2) is 31.6 Å². The lowest BCUT2D eigenvalue weighted by molar-refractivity contribution is -0.141. The second-order valence-electron chi connectivity index (χ2n) is 4.05. The summed E-state index contributed by atoms with van der Waals surface area (Å²) in [4.78, 5) is 15.5. The number of aliphatic imine (C=N–C) groups is 1. The van der Waals surface area contributed by atoms with E-state index in [9.17, 15) is 4.79 Å². The lowest BCUT2D eigenvalue weighted by Crippen LogP contribution is -2.13. The number of rotatable bonds is 3. The van der Waals surface area contributed by atoms with Gasteiger partial charge in [-0.05, 0) is 19.1 Å². The molecule has 4 nitrogen and oxygen atoms in total. The largest absolute Gasteiger partial charge is 0.475 e. The third-order valence-corrected chi connectivity index (χ3v) is 2.64. The van der Waals surface area contributed by atoms with Crippen LogP contribution in [0.5, 0.6) is 0 Å². The minimum Gasteiger partial charge on any atom is -0.475 e. The Morgan fingerprint density at radius 1 is 1.47 bits per heavy atom. The van der Waals surface area contributed by atoms with Gasteiger partial charge in [-0.1, -0.05) is 17.7 Å². The number of esters is 1. The topological polar surface area (TPSA) is 47.9 Å². The minimum absolute atomic E-state index is 0.126. The van der Waals surface area contributed by atoms with Crippen LogP contribution in [0.1, 0.15) is 17.5 Å². The highest BCUT2D eigenvalue weighted by Crippen LogP contribution is 2.15. The molecule has 90 valence electrons.